The second-order valence-corrected chi connectivity index (χ2v) is 5.76. The number of alkyl halides is 1. The van der Waals surface area contributed by atoms with Crippen molar-refractivity contribution in [2.75, 3.05) is 4.90 Å². The Morgan fingerprint density at radius 1 is 1.33 bits per heavy atom. The number of anilines is 1. The van der Waals surface area contributed by atoms with E-state index in [4.69, 9.17) is 11.6 Å². The van der Waals surface area contributed by atoms with Gasteiger partial charge < -0.3 is 4.90 Å². The van der Waals surface area contributed by atoms with Crippen molar-refractivity contribution in [1.29, 1.82) is 0 Å². The molecule has 96 valence electrons. The SMILES string of the molecule is CC(C)N(Cc1cccs1)c1ccc(CCl)cn1. The van der Waals surface area contributed by atoms with E-state index in [-0.39, 0.29) is 0 Å². The summed E-state index contributed by atoms with van der Waals surface area (Å²) in [7, 11) is 0. The van der Waals surface area contributed by atoms with Crippen LogP contribution in [0, 0.1) is 0 Å². The number of nitrogens with zero attached hydrogens (tertiary/aromatic N) is 2. The van der Waals surface area contributed by atoms with Crippen LogP contribution in [-0.4, -0.2) is 11.0 Å². The highest BCUT2D eigenvalue weighted by atomic mass is 35.5. The zero-order valence-electron chi connectivity index (χ0n) is 10.6. The largest absolute Gasteiger partial charge is 0.349 e. The fourth-order valence-corrected chi connectivity index (χ4v) is 2.62. The van der Waals surface area contributed by atoms with Gasteiger partial charge in [-0.1, -0.05) is 12.1 Å². The predicted octanol–water partition coefficient (Wildman–Crippen LogP) is 4.30. The van der Waals surface area contributed by atoms with Crippen molar-refractivity contribution in [3.8, 4) is 0 Å². The number of pyridine rings is 1. The molecule has 0 aliphatic rings. The van der Waals surface area contributed by atoms with E-state index < -0.39 is 0 Å². The average molecular weight is 281 g/mol. The molecule has 0 aliphatic carbocycles. The number of hydrogen-bond donors (Lipinski definition) is 0. The normalized spacial score (nSPS) is 10.9. The Morgan fingerprint density at radius 3 is 2.67 bits per heavy atom. The predicted molar refractivity (Wildman–Crippen MR) is 79.4 cm³/mol. The molecule has 0 unspecified atom stereocenters. The molecule has 0 aliphatic heterocycles. The molecule has 0 spiro atoms. The highest BCUT2D eigenvalue weighted by molar-refractivity contribution is 7.09. The van der Waals surface area contributed by atoms with E-state index >= 15 is 0 Å². The van der Waals surface area contributed by atoms with Gasteiger partial charge in [0.1, 0.15) is 5.82 Å². The quantitative estimate of drug-likeness (QED) is 0.759. The molecule has 0 saturated heterocycles. The summed E-state index contributed by atoms with van der Waals surface area (Å²) < 4.78 is 0. The molecule has 0 amide bonds. The minimum Gasteiger partial charge on any atom is -0.349 e. The average Bonchev–Trinajstić information content (AvgIpc) is 2.89. The molecule has 2 aromatic rings. The summed E-state index contributed by atoms with van der Waals surface area (Å²) in [4.78, 5) is 8.15. The first-order valence-electron chi connectivity index (χ1n) is 6.00. The van der Waals surface area contributed by atoms with E-state index in [1.54, 1.807) is 11.3 Å². The summed E-state index contributed by atoms with van der Waals surface area (Å²) in [6.45, 7) is 5.28. The molecule has 2 rings (SSSR count). The molecule has 18 heavy (non-hydrogen) atoms. The van der Waals surface area contributed by atoms with Crippen molar-refractivity contribution in [2.45, 2.75) is 32.3 Å². The Hall–Kier alpha value is -1.06. The number of hydrogen-bond acceptors (Lipinski definition) is 3. The van der Waals surface area contributed by atoms with Gasteiger partial charge in [0.15, 0.2) is 0 Å². The summed E-state index contributed by atoms with van der Waals surface area (Å²) in [6, 6.07) is 8.75. The smallest absolute Gasteiger partial charge is 0.129 e. The summed E-state index contributed by atoms with van der Waals surface area (Å²) in [5.74, 6) is 1.52. The Bertz CT molecular complexity index is 465. The lowest BCUT2D eigenvalue weighted by atomic mass is 10.2. The van der Waals surface area contributed by atoms with Crippen molar-refractivity contribution in [3.05, 3.63) is 46.3 Å². The third-order valence-corrected chi connectivity index (χ3v) is 3.96. The van der Waals surface area contributed by atoms with Crippen LogP contribution < -0.4 is 4.90 Å². The van der Waals surface area contributed by atoms with E-state index in [2.05, 4.69) is 41.2 Å². The molecular weight excluding hydrogens is 264 g/mol. The Kier molecular flexibility index (Phi) is 4.61. The van der Waals surface area contributed by atoms with Gasteiger partial charge in [-0.3, -0.25) is 0 Å². The van der Waals surface area contributed by atoms with Crippen LogP contribution in [0.25, 0.3) is 0 Å². The first kappa shape index (κ1) is 13.4. The minimum absolute atomic E-state index is 0.418. The standard InChI is InChI=1S/C14H17ClN2S/c1-11(2)17(10-13-4-3-7-18-13)14-6-5-12(8-15)9-16-14/h3-7,9,11H,8,10H2,1-2H3. The van der Waals surface area contributed by atoms with E-state index in [1.807, 2.05) is 18.3 Å². The fourth-order valence-electron chi connectivity index (χ4n) is 1.76. The maximum Gasteiger partial charge on any atom is 0.129 e. The van der Waals surface area contributed by atoms with Crippen LogP contribution >= 0.6 is 22.9 Å². The molecule has 0 bridgehead atoms. The van der Waals surface area contributed by atoms with Crippen molar-refractivity contribution in [2.24, 2.45) is 0 Å². The molecule has 0 fully saturated rings. The monoisotopic (exact) mass is 280 g/mol. The van der Waals surface area contributed by atoms with Crippen LogP contribution in [0.5, 0.6) is 0 Å². The van der Waals surface area contributed by atoms with E-state index in [0.717, 1.165) is 17.9 Å². The van der Waals surface area contributed by atoms with Crippen LogP contribution in [0.3, 0.4) is 0 Å². The van der Waals surface area contributed by atoms with Gasteiger partial charge in [-0.15, -0.1) is 22.9 Å². The maximum absolute atomic E-state index is 5.78. The summed E-state index contributed by atoms with van der Waals surface area (Å²) in [6.07, 6.45) is 1.85. The van der Waals surface area contributed by atoms with Crippen molar-refractivity contribution >= 4 is 28.8 Å². The number of aromatic nitrogens is 1. The van der Waals surface area contributed by atoms with Gasteiger partial charge >= 0.3 is 0 Å². The Morgan fingerprint density at radius 2 is 2.17 bits per heavy atom. The highest BCUT2D eigenvalue weighted by Gasteiger charge is 2.12. The van der Waals surface area contributed by atoms with Crippen molar-refractivity contribution in [1.82, 2.24) is 4.98 Å². The Labute approximate surface area is 117 Å². The van der Waals surface area contributed by atoms with Gasteiger partial charge in [0.2, 0.25) is 0 Å². The number of halogens is 1. The van der Waals surface area contributed by atoms with Gasteiger partial charge in [-0.2, -0.15) is 0 Å². The van der Waals surface area contributed by atoms with Gasteiger partial charge in [0.25, 0.3) is 0 Å². The van der Waals surface area contributed by atoms with Crippen molar-refractivity contribution < 1.29 is 0 Å². The summed E-state index contributed by atoms with van der Waals surface area (Å²) >= 11 is 7.56. The number of rotatable bonds is 5. The fraction of sp³-hybridized carbons (Fsp3) is 0.357. The first-order chi connectivity index (χ1) is 8.70. The van der Waals surface area contributed by atoms with Gasteiger partial charge in [-0.25, -0.2) is 4.98 Å². The minimum atomic E-state index is 0.418. The molecule has 2 heterocycles. The van der Waals surface area contributed by atoms with E-state index in [1.165, 1.54) is 4.88 Å². The number of thiophene rings is 1. The Balaban J connectivity index is 2.18. The highest BCUT2D eigenvalue weighted by Crippen LogP contribution is 2.20. The second kappa shape index (κ2) is 6.21. The summed E-state index contributed by atoms with van der Waals surface area (Å²) in [5, 5.41) is 2.11. The van der Waals surface area contributed by atoms with Crippen LogP contribution in [0.4, 0.5) is 5.82 Å². The topological polar surface area (TPSA) is 16.1 Å². The first-order valence-corrected chi connectivity index (χ1v) is 7.42. The van der Waals surface area contributed by atoms with Crippen LogP contribution in [-0.2, 0) is 12.4 Å². The molecule has 0 radical (unpaired) electrons. The zero-order chi connectivity index (χ0) is 13.0. The molecular formula is C14H17ClN2S. The third-order valence-electron chi connectivity index (χ3n) is 2.79. The van der Waals surface area contributed by atoms with E-state index in [9.17, 15) is 0 Å². The maximum atomic E-state index is 5.78. The van der Waals surface area contributed by atoms with Gasteiger partial charge in [0.05, 0.1) is 6.54 Å². The van der Waals surface area contributed by atoms with E-state index in [0.29, 0.717) is 11.9 Å². The lowest BCUT2D eigenvalue weighted by molar-refractivity contribution is 0.677. The molecule has 2 nitrogen and oxygen atoms in total. The van der Waals surface area contributed by atoms with Crippen molar-refractivity contribution in [3.63, 3.8) is 0 Å². The van der Waals surface area contributed by atoms with Crippen LogP contribution in [0.15, 0.2) is 35.8 Å². The van der Waals surface area contributed by atoms with Crippen LogP contribution in [0.2, 0.25) is 0 Å². The zero-order valence-corrected chi connectivity index (χ0v) is 12.2. The third kappa shape index (κ3) is 3.24. The molecule has 0 aromatic carbocycles. The lowest BCUT2D eigenvalue weighted by Gasteiger charge is -2.27. The lowest BCUT2D eigenvalue weighted by Crippen LogP contribution is -2.30. The molecule has 0 atom stereocenters. The van der Waals surface area contributed by atoms with Crippen LogP contribution in [0.1, 0.15) is 24.3 Å². The molecule has 0 saturated carbocycles. The molecule has 2 aromatic heterocycles. The second-order valence-electron chi connectivity index (χ2n) is 4.46. The molecule has 0 N–H and O–H groups in total. The van der Waals surface area contributed by atoms with Gasteiger partial charge in [-0.05, 0) is 36.9 Å². The summed E-state index contributed by atoms with van der Waals surface area (Å²) in [5.41, 5.74) is 1.06. The van der Waals surface area contributed by atoms with Gasteiger partial charge in [0, 0.05) is 23.0 Å². The molecule has 4 heteroatoms.